The standard InChI is InChI=1S/C14H20N4O2/c1-9(2)8-15-12-16-13(19)17-14(20)18(12)11-6-4-10(3)5-7-11/h4-7,9,12,15H,8H2,1-3H3,(H2,16,17,19,20). The molecule has 0 aromatic heterocycles. The summed E-state index contributed by atoms with van der Waals surface area (Å²) in [6.07, 6.45) is -0.540. The third-order valence-corrected chi connectivity index (χ3v) is 3.00. The third-order valence-electron chi connectivity index (χ3n) is 3.00. The normalized spacial score (nSPS) is 19.0. The van der Waals surface area contributed by atoms with Gasteiger partial charge in [-0.3, -0.25) is 15.5 Å². The second kappa shape index (κ2) is 5.92. The van der Waals surface area contributed by atoms with E-state index in [4.69, 9.17) is 0 Å². The number of benzene rings is 1. The first-order valence-corrected chi connectivity index (χ1v) is 6.68. The van der Waals surface area contributed by atoms with Crippen LogP contribution in [0.5, 0.6) is 0 Å². The molecule has 1 fully saturated rings. The van der Waals surface area contributed by atoms with E-state index in [0.717, 1.165) is 11.3 Å². The van der Waals surface area contributed by atoms with Crippen molar-refractivity contribution in [3.8, 4) is 0 Å². The van der Waals surface area contributed by atoms with Crippen LogP contribution in [0.2, 0.25) is 0 Å². The van der Waals surface area contributed by atoms with E-state index in [9.17, 15) is 9.59 Å². The second-order valence-corrected chi connectivity index (χ2v) is 5.31. The molecule has 1 aromatic rings. The maximum atomic E-state index is 12.1. The number of anilines is 1. The summed E-state index contributed by atoms with van der Waals surface area (Å²) in [6.45, 7) is 6.80. The fourth-order valence-electron chi connectivity index (χ4n) is 1.96. The van der Waals surface area contributed by atoms with E-state index in [0.29, 0.717) is 12.5 Å². The average molecular weight is 276 g/mol. The highest BCUT2D eigenvalue weighted by molar-refractivity contribution is 6.05. The molecule has 2 rings (SSSR count). The number of carbonyl (C=O) groups is 2. The monoisotopic (exact) mass is 276 g/mol. The highest BCUT2D eigenvalue weighted by Crippen LogP contribution is 2.18. The van der Waals surface area contributed by atoms with Gasteiger partial charge in [0, 0.05) is 12.2 Å². The molecule has 1 aliphatic heterocycles. The highest BCUT2D eigenvalue weighted by Gasteiger charge is 2.32. The molecule has 1 saturated heterocycles. The van der Waals surface area contributed by atoms with E-state index in [2.05, 4.69) is 29.8 Å². The summed E-state index contributed by atoms with van der Waals surface area (Å²) in [6, 6.07) is 6.66. The zero-order valence-corrected chi connectivity index (χ0v) is 11.9. The van der Waals surface area contributed by atoms with Crippen LogP contribution in [0.3, 0.4) is 0 Å². The number of imide groups is 1. The van der Waals surface area contributed by atoms with Gasteiger partial charge in [-0.2, -0.15) is 0 Å². The minimum absolute atomic E-state index is 0.414. The molecule has 0 bridgehead atoms. The van der Waals surface area contributed by atoms with Crippen LogP contribution in [0.1, 0.15) is 19.4 Å². The quantitative estimate of drug-likeness (QED) is 0.784. The van der Waals surface area contributed by atoms with Gasteiger partial charge in [0.05, 0.1) is 0 Å². The van der Waals surface area contributed by atoms with Gasteiger partial charge in [-0.1, -0.05) is 31.5 Å². The number of nitrogens with zero attached hydrogens (tertiary/aromatic N) is 1. The van der Waals surface area contributed by atoms with Gasteiger partial charge in [0.1, 0.15) is 0 Å². The maximum Gasteiger partial charge on any atom is 0.332 e. The molecule has 108 valence electrons. The molecule has 0 aliphatic carbocycles. The molecule has 20 heavy (non-hydrogen) atoms. The van der Waals surface area contributed by atoms with E-state index in [1.807, 2.05) is 31.2 Å². The summed E-state index contributed by atoms with van der Waals surface area (Å²) in [4.78, 5) is 25.0. The summed E-state index contributed by atoms with van der Waals surface area (Å²) in [5.41, 5.74) is 1.84. The topological polar surface area (TPSA) is 73.5 Å². The molecule has 6 heteroatoms. The Morgan fingerprint density at radius 2 is 1.90 bits per heavy atom. The van der Waals surface area contributed by atoms with Gasteiger partial charge in [-0.25, -0.2) is 9.59 Å². The lowest BCUT2D eigenvalue weighted by molar-refractivity contribution is 0.211. The molecule has 1 aliphatic rings. The van der Waals surface area contributed by atoms with Gasteiger partial charge in [-0.05, 0) is 25.0 Å². The van der Waals surface area contributed by atoms with E-state index in [1.165, 1.54) is 4.90 Å². The third kappa shape index (κ3) is 3.27. The number of rotatable bonds is 4. The fraction of sp³-hybridized carbons (Fsp3) is 0.429. The van der Waals surface area contributed by atoms with E-state index in [1.54, 1.807) is 0 Å². The Hall–Kier alpha value is -2.08. The van der Waals surface area contributed by atoms with Crippen LogP contribution in [-0.4, -0.2) is 24.9 Å². The number of hydrogen-bond donors (Lipinski definition) is 3. The van der Waals surface area contributed by atoms with Crippen molar-refractivity contribution in [1.82, 2.24) is 16.0 Å². The van der Waals surface area contributed by atoms with E-state index in [-0.39, 0.29) is 0 Å². The van der Waals surface area contributed by atoms with Crippen molar-refractivity contribution < 1.29 is 9.59 Å². The zero-order chi connectivity index (χ0) is 14.7. The van der Waals surface area contributed by atoms with E-state index < -0.39 is 18.4 Å². The molecule has 4 amide bonds. The lowest BCUT2D eigenvalue weighted by Crippen LogP contribution is -2.69. The Morgan fingerprint density at radius 3 is 2.50 bits per heavy atom. The van der Waals surface area contributed by atoms with Crippen molar-refractivity contribution in [2.75, 3.05) is 11.4 Å². The van der Waals surface area contributed by atoms with Crippen LogP contribution >= 0.6 is 0 Å². The number of hydrogen-bond acceptors (Lipinski definition) is 3. The van der Waals surface area contributed by atoms with Crippen LogP contribution in [-0.2, 0) is 0 Å². The Morgan fingerprint density at radius 1 is 1.25 bits per heavy atom. The van der Waals surface area contributed by atoms with Crippen molar-refractivity contribution in [3.05, 3.63) is 29.8 Å². The average Bonchev–Trinajstić information content (AvgIpc) is 2.37. The number of amides is 4. The van der Waals surface area contributed by atoms with Crippen LogP contribution in [0, 0.1) is 12.8 Å². The van der Waals surface area contributed by atoms with Gasteiger partial charge in [-0.15, -0.1) is 0 Å². The van der Waals surface area contributed by atoms with Crippen molar-refractivity contribution in [1.29, 1.82) is 0 Å². The predicted molar refractivity (Wildman–Crippen MR) is 77.4 cm³/mol. The Kier molecular flexibility index (Phi) is 4.24. The minimum Gasteiger partial charge on any atom is -0.304 e. The Bertz CT molecular complexity index is 498. The molecular weight excluding hydrogens is 256 g/mol. The van der Waals surface area contributed by atoms with Gasteiger partial charge in [0.2, 0.25) is 0 Å². The fourth-order valence-corrected chi connectivity index (χ4v) is 1.96. The largest absolute Gasteiger partial charge is 0.332 e. The predicted octanol–water partition coefficient (Wildman–Crippen LogP) is 1.76. The summed E-state index contributed by atoms with van der Waals surface area (Å²) >= 11 is 0. The van der Waals surface area contributed by atoms with Crippen molar-refractivity contribution >= 4 is 17.7 Å². The molecular formula is C14H20N4O2. The van der Waals surface area contributed by atoms with Gasteiger partial charge in [0.25, 0.3) is 0 Å². The number of carbonyl (C=O) groups excluding carboxylic acids is 2. The summed E-state index contributed by atoms with van der Waals surface area (Å²) in [5, 5.41) is 8.14. The van der Waals surface area contributed by atoms with Gasteiger partial charge in [0.15, 0.2) is 6.29 Å². The minimum atomic E-state index is -0.540. The Balaban J connectivity index is 2.22. The lowest BCUT2D eigenvalue weighted by Gasteiger charge is -2.36. The smallest absolute Gasteiger partial charge is 0.304 e. The Labute approximate surface area is 118 Å². The lowest BCUT2D eigenvalue weighted by atomic mass is 10.2. The van der Waals surface area contributed by atoms with Crippen LogP contribution in [0.25, 0.3) is 0 Å². The molecule has 0 radical (unpaired) electrons. The van der Waals surface area contributed by atoms with Gasteiger partial charge < -0.3 is 5.32 Å². The molecule has 1 heterocycles. The number of aryl methyl sites for hydroxylation is 1. The number of urea groups is 2. The van der Waals surface area contributed by atoms with Gasteiger partial charge >= 0.3 is 12.1 Å². The molecule has 1 aromatic carbocycles. The molecule has 0 saturated carbocycles. The first kappa shape index (κ1) is 14.3. The van der Waals surface area contributed by atoms with Crippen molar-refractivity contribution in [2.24, 2.45) is 5.92 Å². The summed E-state index contributed by atoms with van der Waals surface area (Å²) < 4.78 is 0. The molecule has 3 N–H and O–H groups in total. The van der Waals surface area contributed by atoms with Crippen LogP contribution in [0.15, 0.2) is 24.3 Å². The summed E-state index contributed by atoms with van der Waals surface area (Å²) in [5.74, 6) is 0.414. The van der Waals surface area contributed by atoms with Crippen LogP contribution < -0.4 is 20.9 Å². The highest BCUT2D eigenvalue weighted by atomic mass is 16.2. The molecule has 1 unspecified atom stereocenters. The zero-order valence-electron chi connectivity index (χ0n) is 11.9. The van der Waals surface area contributed by atoms with Crippen molar-refractivity contribution in [2.45, 2.75) is 27.1 Å². The second-order valence-electron chi connectivity index (χ2n) is 5.31. The molecule has 1 atom stereocenters. The van der Waals surface area contributed by atoms with Crippen LogP contribution in [0.4, 0.5) is 15.3 Å². The maximum absolute atomic E-state index is 12.1. The molecule has 6 nitrogen and oxygen atoms in total. The first-order valence-electron chi connectivity index (χ1n) is 6.68. The SMILES string of the molecule is Cc1ccc(N2C(=O)NC(=O)NC2NCC(C)C)cc1. The van der Waals surface area contributed by atoms with Crippen molar-refractivity contribution in [3.63, 3.8) is 0 Å². The van der Waals surface area contributed by atoms with E-state index >= 15 is 0 Å². The summed E-state index contributed by atoms with van der Waals surface area (Å²) in [7, 11) is 0. The molecule has 0 spiro atoms. The number of nitrogens with one attached hydrogen (secondary N) is 3. The first-order chi connectivity index (χ1) is 9.47.